The second-order valence-corrected chi connectivity index (χ2v) is 13.8. The first-order chi connectivity index (χ1) is 18.5. The summed E-state index contributed by atoms with van der Waals surface area (Å²) in [5, 5.41) is -0.425. The number of benzene rings is 3. The first kappa shape index (κ1) is 32.6. The molecule has 0 amide bonds. The number of halogens is 4. The monoisotopic (exact) mass is 586 g/mol. The summed E-state index contributed by atoms with van der Waals surface area (Å²) in [7, 11) is 0. The molecule has 3 rings (SSSR count). The van der Waals surface area contributed by atoms with E-state index in [1.54, 1.807) is 0 Å². The lowest BCUT2D eigenvalue weighted by atomic mass is 9.79. The highest BCUT2D eigenvalue weighted by Gasteiger charge is 2.32. The van der Waals surface area contributed by atoms with Crippen LogP contribution in [0.3, 0.4) is 0 Å². The van der Waals surface area contributed by atoms with E-state index in [0.717, 1.165) is 22.3 Å². The predicted molar refractivity (Wildman–Crippen MR) is 172 cm³/mol. The summed E-state index contributed by atoms with van der Waals surface area (Å²) in [4.78, 5) is 0. The van der Waals surface area contributed by atoms with Crippen LogP contribution in [0.15, 0.2) is 24.3 Å². The zero-order valence-electron chi connectivity index (χ0n) is 26.3. The second-order valence-electron chi connectivity index (χ2n) is 13.1. The Morgan fingerprint density at radius 3 is 0.800 bits per heavy atom. The number of hydrogen-bond donors (Lipinski definition) is 0. The average Bonchev–Trinajstić information content (AvgIpc) is 2.86. The van der Waals surface area contributed by atoms with Gasteiger partial charge in [0.1, 0.15) is 0 Å². The molecule has 0 atom stereocenters. The molecule has 0 bridgehead atoms. The van der Waals surface area contributed by atoms with Gasteiger partial charge in [0.05, 0.1) is 10.0 Å². The molecule has 0 fully saturated rings. The molecule has 0 spiro atoms. The van der Waals surface area contributed by atoms with Crippen LogP contribution in [-0.2, 0) is 0 Å². The van der Waals surface area contributed by atoms with E-state index in [4.69, 9.17) is 23.2 Å². The van der Waals surface area contributed by atoms with E-state index in [-0.39, 0.29) is 44.8 Å². The van der Waals surface area contributed by atoms with Crippen LogP contribution < -0.4 is 0 Å². The molecule has 218 valence electrons. The fourth-order valence-corrected chi connectivity index (χ4v) is 6.10. The van der Waals surface area contributed by atoms with Crippen molar-refractivity contribution in [3.63, 3.8) is 0 Å². The minimum absolute atomic E-state index is 0.0617. The van der Waals surface area contributed by atoms with Crippen molar-refractivity contribution in [3.8, 4) is 22.3 Å². The lowest BCUT2D eigenvalue weighted by Crippen LogP contribution is -2.09. The van der Waals surface area contributed by atoms with Gasteiger partial charge in [0, 0.05) is 11.1 Å². The van der Waals surface area contributed by atoms with E-state index < -0.39 is 11.6 Å². The van der Waals surface area contributed by atoms with Crippen LogP contribution in [0.5, 0.6) is 0 Å². The lowest BCUT2D eigenvalue weighted by Gasteiger charge is -2.27. The first-order valence-corrected chi connectivity index (χ1v) is 15.5. The molecule has 0 aromatic heterocycles. The molecule has 3 aromatic rings. The number of rotatable bonds is 8. The van der Waals surface area contributed by atoms with E-state index in [9.17, 15) is 0 Å². The van der Waals surface area contributed by atoms with Crippen molar-refractivity contribution in [1.29, 1.82) is 0 Å². The van der Waals surface area contributed by atoms with Gasteiger partial charge in [0.2, 0.25) is 0 Å². The van der Waals surface area contributed by atoms with Crippen molar-refractivity contribution in [2.75, 3.05) is 0 Å². The van der Waals surface area contributed by atoms with E-state index in [2.05, 4.69) is 107 Å². The van der Waals surface area contributed by atoms with Crippen LogP contribution in [0.4, 0.5) is 8.78 Å². The fraction of sp³-hybridized carbons (Fsp3) is 0.500. The summed E-state index contributed by atoms with van der Waals surface area (Å²) in [6.07, 6.45) is 0. The molecule has 0 heterocycles. The zero-order valence-corrected chi connectivity index (χ0v) is 27.8. The molecule has 0 unspecified atom stereocenters. The molecule has 40 heavy (non-hydrogen) atoms. The molecule has 0 aliphatic carbocycles. The smallest absolute Gasteiger partial charge is 0.151 e. The molecule has 0 radical (unpaired) electrons. The predicted octanol–water partition coefficient (Wildman–Crippen LogP) is 13.3. The van der Waals surface area contributed by atoms with Gasteiger partial charge in [0.25, 0.3) is 0 Å². The third-order valence-electron chi connectivity index (χ3n) is 8.03. The summed E-state index contributed by atoms with van der Waals surface area (Å²) in [6, 6.07) is 8.46. The fourth-order valence-electron chi connectivity index (χ4n) is 5.56. The highest BCUT2D eigenvalue weighted by atomic mass is 35.5. The molecule has 3 aromatic carbocycles. The van der Waals surface area contributed by atoms with Crippen LogP contribution in [-0.4, -0.2) is 0 Å². The normalized spacial score (nSPS) is 12.3. The van der Waals surface area contributed by atoms with Gasteiger partial charge in [-0.05, 0) is 80.0 Å². The van der Waals surface area contributed by atoms with Crippen molar-refractivity contribution in [3.05, 3.63) is 79.3 Å². The number of hydrogen-bond acceptors (Lipinski definition) is 0. The summed E-state index contributed by atoms with van der Waals surface area (Å²) in [6.45, 7) is 25.2. The third-order valence-corrected chi connectivity index (χ3v) is 8.74. The highest BCUT2D eigenvalue weighted by Crippen LogP contribution is 2.50. The topological polar surface area (TPSA) is 0 Å². The van der Waals surface area contributed by atoms with Crippen molar-refractivity contribution >= 4 is 23.2 Å². The molecule has 0 saturated heterocycles. The van der Waals surface area contributed by atoms with Crippen LogP contribution in [0.2, 0.25) is 10.0 Å². The molecular weight excluding hydrogens is 541 g/mol. The maximum atomic E-state index is 16.7. The Morgan fingerprint density at radius 1 is 0.400 bits per heavy atom. The Balaban J connectivity index is 2.53. The zero-order chi connectivity index (χ0) is 30.4. The van der Waals surface area contributed by atoms with Crippen LogP contribution in [0.1, 0.15) is 152 Å². The van der Waals surface area contributed by atoms with Crippen molar-refractivity contribution < 1.29 is 8.78 Å². The molecular formula is C36H46Cl2F2. The largest absolute Gasteiger partial charge is 0.205 e. The molecule has 4 heteroatoms. The molecule has 0 N–H and O–H groups in total. The lowest BCUT2D eigenvalue weighted by molar-refractivity contribution is 0.605. The molecule has 0 saturated carbocycles. The van der Waals surface area contributed by atoms with E-state index in [0.29, 0.717) is 23.0 Å². The van der Waals surface area contributed by atoms with Gasteiger partial charge in [-0.25, -0.2) is 8.78 Å². The Bertz CT molecular complexity index is 1200. The van der Waals surface area contributed by atoms with Gasteiger partial charge in [0.15, 0.2) is 11.6 Å². The van der Waals surface area contributed by atoms with Gasteiger partial charge in [-0.2, -0.15) is 0 Å². The molecule has 0 aliphatic heterocycles. The van der Waals surface area contributed by atoms with Crippen molar-refractivity contribution in [2.45, 2.75) is 119 Å². The van der Waals surface area contributed by atoms with Crippen molar-refractivity contribution in [1.82, 2.24) is 0 Å². The summed E-state index contributed by atoms with van der Waals surface area (Å²) >= 11 is 13.8. The quantitative estimate of drug-likeness (QED) is 0.230. The third kappa shape index (κ3) is 6.00. The van der Waals surface area contributed by atoms with Gasteiger partial charge >= 0.3 is 0 Å². The van der Waals surface area contributed by atoms with Gasteiger partial charge in [-0.1, -0.05) is 131 Å². The maximum Gasteiger partial charge on any atom is 0.151 e. The first-order valence-electron chi connectivity index (χ1n) is 14.7. The standard InChI is InChI=1S/C36H46Cl2F2/c1-17(2)23-13-25(19(5)6)29(26(14-23)20(7)8)31-33(37)36(40)32(34(38)35(31)39)30-27(21(9)10)15-24(18(3)4)16-28(30)22(11)12/h13-22H,1-12H3. The summed E-state index contributed by atoms with van der Waals surface area (Å²) in [5.74, 6) is -0.435. The van der Waals surface area contributed by atoms with E-state index >= 15 is 8.78 Å². The van der Waals surface area contributed by atoms with Crippen LogP contribution >= 0.6 is 23.2 Å². The highest BCUT2D eigenvalue weighted by molar-refractivity contribution is 6.38. The van der Waals surface area contributed by atoms with Gasteiger partial charge in [-0.15, -0.1) is 0 Å². The minimum Gasteiger partial charge on any atom is -0.205 e. The Morgan fingerprint density at radius 2 is 0.625 bits per heavy atom. The summed E-state index contributed by atoms with van der Waals surface area (Å²) < 4.78 is 33.4. The minimum atomic E-state index is -0.665. The van der Waals surface area contributed by atoms with Gasteiger partial charge in [-0.3, -0.25) is 0 Å². The van der Waals surface area contributed by atoms with Crippen LogP contribution in [0.25, 0.3) is 22.3 Å². The Labute approximate surface area is 251 Å². The summed E-state index contributed by atoms with van der Waals surface area (Å²) in [5.41, 5.74) is 7.58. The molecule has 0 aliphatic rings. The SMILES string of the molecule is CC(C)c1cc(C(C)C)c(-c2c(F)c(Cl)c(-c3c(C(C)C)cc(C(C)C)cc3C(C)C)c(F)c2Cl)c(C(C)C)c1. The maximum absolute atomic E-state index is 16.7. The van der Waals surface area contributed by atoms with E-state index in [1.165, 1.54) is 11.1 Å². The van der Waals surface area contributed by atoms with Crippen LogP contribution in [0, 0.1) is 11.6 Å². The van der Waals surface area contributed by atoms with E-state index in [1.807, 2.05) is 0 Å². The second kappa shape index (κ2) is 12.5. The Hall–Kier alpha value is -1.90. The molecule has 0 nitrogen and oxygen atoms in total. The van der Waals surface area contributed by atoms with Gasteiger partial charge < -0.3 is 0 Å². The average molecular weight is 588 g/mol. The van der Waals surface area contributed by atoms with Crippen molar-refractivity contribution in [2.24, 2.45) is 0 Å². The Kier molecular flexibility index (Phi) is 10.2.